The molecule has 1 aromatic rings. The third-order valence-corrected chi connectivity index (χ3v) is 5.37. The van der Waals surface area contributed by atoms with E-state index in [0.717, 1.165) is 70.3 Å². The quantitative estimate of drug-likeness (QED) is 0.711. The predicted octanol–water partition coefficient (Wildman–Crippen LogP) is 2.71. The molecule has 3 rings (SSSR count). The summed E-state index contributed by atoms with van der Waals surface area (Å²) >= 11 is 0. The molecule has 0 atom stereocenters. The molecule has 2 heterocycles. The topological polar surface area (TPSA) is 64.6 Å². The number of aromatic nitrogens is 2. The maximum atomic E-state index is 12.7. The minimum atomic E-state index is 0.245. The van der Waals surface area contributed by atoms with Crippen LogP contribution >= 0.6 is 0 Å². The Hall–Kier alpha value is -2.67. The van der Waals surface area contributed by atoms with Crippen molar-refractivity contribution in [3.8, 4) is 0 Å². The van der Waals surface area contributed by atoms with Gasteiger partial charge in [-0.2, -0.15) is 4.98 Å². The van der Waals surface area contributed by atoms with Gasteiger partial charge >= 0.3 is 0 Å². The molecule has 0 bridgehead atoms. The fraction of sp³-hybridized carbons (Fsp3) is 0.522. The third-order valence-electron chi connectivity index (χ3n) is 5.37. The molecule has 162 valence electrons. The molecule has 0 radical (unpaired) electrons. The largest absolute Gasteiger partial charge is 0.369 e. The number of rotatable bonds is 8. The molecular weight excluding hydrogens is 376 g/mol. The molecule has 1 saturated heterocycles. The Morgan fingerprint density at radius 2 is 2.07 bits per heavy atom. The Bertz CT molecular complexity index is 786. The molecule has 0 saturated carbocycles. The summed E-state index contributed by atoms with van der Waals surface area (Å²) in [6.07, 6.45) is 15.5. The average molecular weight is 411 g/mol. The Morgan fingerprint density at radius 1 is 1.17 bits per heavy atom. The number of nitrogens with zero attached hydrogens (tertiary/aromatic N) is 5. The highest BCUT2D eigenvalue weighted by Gasteiger charge is 2.20. The lowest BCUT2D eigenvalue weighted by atomic mass is 10.1. The molecule has 2 aliphatic rings. The van der Waals surface area contributed by atoms with Crippen molar-refractivity contribution in [2.75, 3.05) is 63.6 Å². The lowest BCUT2D eigenvalue weighted by Gasteiger charge is -2.22. The Morgan fingerprint density at radius 3 is 2.93 bits per heavy atom. The number of likely N-dealkylation sites (N-methyl/N-ethyl adjacent to an activating group) is 1. The second kappa shape index (κ2) is 11.5. The molecule has 1 fully saturated rings. The molecular formula is C23H34N6O. The summed E-state index contributed by atoms with van der Waals surface area (Å²) < 4.78 is 0. The predicted molar refractivity (Wildman–Crippen MR) is 123 cm³/mol. The fourth-order valence-electron chi connectivity index (χ4n) is 3.61. The first-order valence-corrected chi connectivity index (χ1v) is 10.9. The second-order valence-corrected chi connectivity index (χ2v) is 8.04. The van der Waals surface area contributed by atoms with Crippen LogP contribution in [-0.2, 0) is 4.79 Å². The van der Waals surface area contributed by atoms with Crippen LogP contribution in [0.3, 0.4) is 0 Å². The van der Waals surface area contributed by atoms with Crippen molar-refractivity contribution in [2.45, 2.75) is 25.7 Å². The van der Waals surface area contributed by atoms with Gasteiger partial charge in [0.15, 0.2) is 0 Å². The van der Waals surface area contributed by atoms with E-state index >= 15 is 0 Å². The van der Waals surface area contributed by atoms with Crippen molar-refractivity contribution in [2.24, 2.45) is 0 Å². The SMILES string of the molecule is CN(C)CCNc1ccnc(N2CCCN(C(=O)CCC3=CC=CC=CC3)CC2)n1. The van der Waals surface area contributed by atoms with Gasteiger partial charge in [0.1, 0.15) is 5.82 Å². The van der Waals surface area contributed by atoms with Crippen LogP contribution in [0.1, 0.15) is 25.7 Å². The van der Waals surface area contributed by atoms with Crippen LogP contribution in [0.25, 0.3) is 0 Å². The maximum Gasteiger partial charge on any atom is 0.227 e. The Balaban J connectivity index is 1.49. The molecule has 1 aliphatic heterocycles. The minimum absolute atomic E-state index is 0.245. The first-order chi connectivity index (χ1) is 14.6. The normalized spacial score (nSPS) is 17.0. The van der Waals surface area contributed by atoms with Gasteiger partial charge in [-0.15, -0.1) is 0 Å². The van der Waals surface area contributed by atoms with Crippen molar-refractivity contribution in [1.82, 2.24) is 19.8 Å². The summed E-state index contributed by atoms with van der Waals surface area (Å²) in [5.74, 6) is 1.83. The molecule has 1 aliphatic carbocycles. The molecule has 7 heteroatoms. The number of hydrogen-bond acceptors (Lipinski definition) is 6. The number of anilines is 2. The number of carbonyl (C=O) groups excluding carboxylic acids is 1. The Kier molecular flexibility index (Phi) is 8.44. The van der Waals surface area contributed by atoms with E-state index in [1.807, 2.05) is 17.0 Å². The van der Waals surface area contributed by atoms with E-state index in [2.05, 4.69) is 63.5 Å². The number of allylic oxidation sites excluding steroid dienone is 6. The van der Waals surface area contributed by atoms with Gasteiger partial charge in [0, 0.05) is 51.9 Å². The van der Waals surface area contributed by atoms with E-state index in [4.69, 9.17) is 0 Å². The average Bonchev–Trinajstić information content (AvgIpc) is 3.15. The van der Waals surface area contributed by atoms with Crippen LogP contribution in [-0.4, -0.2) is 79.0 Å². The van der Waals surface area contributed by atoms with Crippen molar-refractivity contribution < 1.29 is 4.79 Å². The summed E-state index contributed by atoms with van der Waals surface area (Å²) in [6, 6.07) is 1.90. The van der Waals surface area contributed by atoms with E-state index in [1.54, 1.807) is 6.20 Å². The lowest BCUT2D eigenvalue weighted by molar-refractivity contribution is -0.130. The van der Waals surface area contributed by atoms with Crippen molar-refractivity contribution in [1.29, 1.82) is 0 Å². The minimum Gasteiger partial charge on any atom is -0.369 e. The van der Waals surface area contributed by atoms with Crippen LogP contribution in [0.4, 0.5) is 11.8 Å². The van der Waals surface area contributed by atoms with E-state index in [0.29, 0.717) is 6.42 Å². The van der Waals surface area contributed by atoms with Crippen molar-refractivity contribution in [3.05, 3.63) is 48.2 Å². The standard InChI is InChI=1S/C23H34N6O/c1-27(2)17-14-24-21-12-13-25-23(26-21)29-16-7-15-28(18-19-29)22(30)11-10-20-8-5-3-4-6-9-20/h3-6,8,12-13H,7,9-11,14-19H2,1-2H3,(H,24,25,26). The van der Waals surface area contributed by atoms with Gasteiger partial charge < -0.3 is 20.0 Å². The van der Waals surface area contributed by atoms with Gasteiger partial charge in [-0.1, -0.05) is 36.0 Å². The first kappa shape index (κ1) is 22.0. The van der Waals surface area contributed by atoms with Gasteiger partial charge in [0.25, 0.3) is 0 Å². The maximum absolute atomic E-state index is 12.7. The smallest absolute Gasteiger partial charge is 0.227 e. The summed E-state index contributed by atoms with van der Waals surface area (Å²) in [5.41, 5.74) is 1.32. The highest BCUT2D eigenvalue weighted by molar-refractivity contribution is 5.76. The van der Waals surface area contributed by atoms with Gasteiger partial charge in [0.05, 0.1) is 0 Å². The lowest BCUT2D eigenvalue weighted by Crippen LogP contribution is -2.35. The van der Waals surface area contributed by atoms with Gasteiger partial charge in [-0.3, -0.25) is 4.79 Å². The van der Waals surface area contributed by atoms with Crippen LogP contribution < -0.4 is 10.2 Å². The molecule has 7 nitrogen and oxygen atoms in total. The molecule has 30 heavy (non-hydrogen) atoms. The van der Waals surface area contributed by atoms with E-state index in [1.165, 1.54) is 5.57 Å². The number of nitrogens with one attached hydrogen (secondary N) is 1. The number of hydrogen-bond donors (Lipinski definition) is 1. The molecule has 1 aromatic heterocycles. The van der Waals surface area contributed by atoms with Crippen LogP contribution in [0.15, 0.2) is 48.2 Å². The fourth-order valence-corrected chi connectivity index (χ4v) is 3.61. The van der Waals surface area contributed by atoms with Crippen molar-refractivity contribution >= 4 is 17.7 Å². The highest BCUT2D eigenvalue weighted by Crippen LogP contribution is 2.17. The first-order valence-electron chi connectivity index (χ1n) is 10.9. The monoisotopic (exact) mass is 410 g/mol. The highest BCUT2D eigenvalue weighted by atomic mass is 16.2. The third kappa shape index (κ3) is 6.99. The zero-order chi connectivity index (χ0) is 21.2. The summed E-state index contributed by atoms with van der Waals surface area (Å²) in [4.78, 5) is 28.2. The summed E-state index contributed by atoms with van der Waals surface area (Å²) in [5, 5.41) is 3.35. The summed E-state index contributed by atoms with van der Waals surface area (Å²) in [7, 11) is 4.11. The van der Waals surface area contributed by atoms with Gasteiger partial charge in [-0.05, 0) is 39.4 Å². The molecule has 1 N–H and O–H groups in total. The molecule has 0 aromatic carbocycles. The number of carbonyl (C=O) groups is 1. The van der Waals surface area contributed by atoms with Crippen LogP contribution in [0.5, 0.6) is 0 Å². The molecule has 1 amide bonds. The zero-order valence-corrected chi connectivity index (χ0v) is 18.3. The Labute approximate surface area is 180 Å². The van der Waals surface area contributed by atoms with Crippen LogP contribution in [0, 0.1) is 0 Å². The molecule has 0 spiro atoms. The van der Waals surface area contributed by atoms with Crippen molar-refractivity contribution in [3.63, 3.8) is 0 Å². The summed E-state index contributed by atoms with van der Waals surface area (Å²) in [6.45, 7) is 4.94. The number of amides is 1. The van der Waals surface area contributed by atoms with E-state index in [9.17, 15) is 4.79 Å². The zero-order valence-electron chi connectivity index (χ0n) is 18.3. The van der Waals surface area contributed by atoms with Gasteiger partial charge in [-0.25, -0.2) is 4.98 Å². The molecule has 0 unspecified atom stereocenters. The van der Waals surface area contributed by atoms with E-state index < -0.39 is 0 Å². The second-order valence-electron chi connectivity index (χ2n) is 8.04. The van der Waals surface area contributed by atoms with E-state index in [-0.39, 0.29) is 5.91 Å². The van der Waals surface area contributed by atoms with Crippen LogP contribution in [0.2, 0.25) is 0 Å². The van der Waals surface area contributed by atoms with Gasteiger partial charge in [0.2, 0.25) is 11.9 Å².